The van der Waals surface area contributed by atoms with E-state index in [4.69, 9.17) is 9.26 Å². The van der Waals surface area contributed by atoms with Crippen molar-refractivity contribution in [2.24, 2.45) is 0 Å². The molecule has 0 radical (unpaired) electrons. The van der Waals surface area contributed by atoms with Crippen LogP contribution in [0.3, 0.4) is 0 Å². The number of hydrogen-bond acceptors (Lipinski definition) is 10. The van der Waals surface area contributed by atoms with Crippen LogP contribution in [0.4, 0.5) is 21.7 Å². The van der Waals surface area contributed by atoms with Gasteiger partial charge < -0.3 is 25.2 Å². The Bertz CT molecular complexity index is 1470. The zero-order chi connectivity index (χ0) is 24.5. The van der Waals surface area contributed by atoms with Gasteiger partial charge in [-0.15, -0.1) is 0 Å². The van der Waals surface area contributed by atoms with Crippen LogP contribution in [0.2, 0.25) is 0 Å². The molecule has 12 nitrogen and oxygen atoms in total. The van der Waals surface area contributed by atoms with E-state index in [0.29, 0.717) is 11.2 Å². The maximum absolute atomic E-state index is 14.2. The van der Waals surface area contributed by atoms with Crippen molar-refractivity contribution in [1.29, 1.82) is 0 Å². The number of hydrogen-bond donors (Lipinski definition) is 3. The van der Waals surface area contributed by atoms with Gasteiger partial charge >= 0.3 is 0 Å². The zero-order valence-electron chi connectivity index (χ0n) is 18.8. The lowest BCUT2D eigenvalue weighted by Crippen LogP contribution is -2.51. The molecule has 5 rings (SSSR count). The quantitative estimate of drug-likeness (QED) is 0.358. The summed E-state index contributed by atoms with van der Waals surface area (Å²) in [6.45, 7) is 0. The van der Waals surface area contributed by atoms with Crippen molar-refractivity contribution in [1.82, 2.24) is 30.0 Å². The van der Waals surface area contributed by atoms with E-state index >= 15 is 0 Å². The normalized spacial score (nSPS) is 17.1. The fourth-order valence-electron chi connectivity index (χ4n) is 3.82. The van der Waals surface area contributed by atoms with Crippen molar-refractivity contribution in [3.8, 4) is 5.82 Å². The Balaban J connectivity index is 1.49. The molecule has 180 valence electrons. The fourth-order valence-corrected chi connectivity index (χ4v) is 3.82. The van der Waals surface area contributed by atoms with Crippen LogP contribution in [0.1, 0.15) is 23.4 Å². The van der Waals surface area contributed by atoms with Gasteiger partial charge in [-0.3, -0.25) is 14.2 Å². The molecule has 0 saturated heterocycles. The molecule has 3 N–H and O–H groups in total. The number of aromatic nitrogens is 5. The van der Waals surface area contributed by atoms with Gasteiger partial charge in [-0.25, -0.2) is 19.3 Å². The Morgan fingerprint density at radius 1 is 1.26 bits per heavy atom. The highest BCUT2D eigenvalue weighted by Gasteiger charge is 2.34. The number of halogens is 1. The smallest absolute Gasteiger partial charge is 0.299 e. The molecule has 4 heterocycles. The second-order valence-corrected chi connectivity index (χ2v) is 7.83. The summed E-state index contributed by atoms with van der Waals surface area (Å²) >= 11 is 0. The molecule has 0 bridgehead atoms. The highest BCUT2D eigenvalue weighted by atomic mass is 19.1. The van der Waals surface area contributed by atoms with E-state index in [2.05, 4.69) is 36.1 Å². The number of amides is 1. The molecular weight excluding hydrogens is 459 g/mol. The largest absolute Gasteiger partial charge is 0.386 e. The average molecular weight is 480 g/mol. The number of carbonyl (C=O) groups excluding carboxylic acids is 1. The van der Waals surface area contributed by atoms with Gasteiger partial charge in [0.25, 0.3) is 11.5 Å². The molecule has 35 heavy (non-hydrogen) atoms. The number of pyridine rings is 2. The van der Waals surface area contributed by atoms with Crippen LogP contribution >= 0.6 is 0 Å². The Labute approximate surface area is 197 Å². The lowest BCUT2D eigenvalue weighted by atomic mass is 9.89. The van der Waals surface area contributed by atoms with Crippen molar-refractivity contribution in [2.75, 3.05) is 24.8 Å². The monoisotopic (exact) mass is 480 g/mol. The first-order valence-corrected chi connectivity index (χ1v) is 10.8. The van der Waals surface area contributed by atoms with Crippen LogP contribution < -0.4 is 21.5 Å². The third kappa shape index (κ3) is 4.05. The number of methoxy groups -OCH3 is 1. The number of nitrogens with zero attached hydrogens (tertiary/aromatic N) is 5. The van der Waals surface area contributed by atoms with Gasteiger partial charge in [0.05, 0.1) is 17.8 Å². The first kappa shape index (κ1) is 22.4. The summed E-state index contributed by atoms with van der Waals surface area (Å²) in [5.74, 6) is -1.29. The summed E-state index contributed by atoms with van der Waals surface area (Å²) in [5, 5.41) is 12.7. The Kier molecular flexibility index (Phi) is 5.82. The number of nitrogens with one attached hydrogen (secondary N) is 3. The summed E-state index contributed by atoms with van der Waals surface area (Å²) in [6.07, 6.45) is 5.62. The standard InChI is InChI=1S/C22H21FN8O4/c1-24-13-10-15(29-19-22(33)31(9-8-25-19)20-11(23)4-3-7-26-20)28-17-16(13)30-35-18(17)21(32)27-12-5-6-14(12)34-2/h3-4,7-10,12,14,24H,5-6H2,1-2H3,(H,27,32)(H,25,28,29)/t12-,14-/m1/s1. The van der Waals surface area contributed by atoms with Gasteiger partial charge in [0, 0.05) is 38.8 Å². The minimum Gasteiger partial charge on any atom is -0.386 e. The lowest BCUT2D eigenvalue weighted by Gasteiger charge is -2.35. The van der Waals surface area contributed by atoms with E-state index in [1.807, 2.05) is 0 Å². The molecule has 13 heteroatoms. The van der Waals surface area contributed by atoms with Crippen LogP contribution in [0.5, 0.6) is 0 Å². The lowest BCUT2D eigenvalue weighted by molar-refractivity contribution is 0.00678. The van der Waals surface area contributed by atoms with Gasteiger partial charge in [-0.2, -0.15) is 0 Å². The van der Waals surface area contributed by atoms with Crippen molar-refractivity contribution >= 4 is 34.3 Å². The maximum atomic E-state index is 14.2. The Morgan fingerprint density at radius 3 is 2.83 bits per heavy atom. The minimum atomic E-state index is -0.661. The molecule has 0 spiro atoms. The van der Waals surface area contributed by atoms with E-state index in [1.165, 1.54) is 30.7 Å². The predicted octanol–water partition coefficient (Wildman–Crippen LogP) is 2.00. The second-order valence-electron chi connectivity index (χ2n) is 7.83. The molecule has 0 aliphatic heterocycles. The summed E-state index contributed by atoms with van der Waals surface area (Å²) < 4.78 is 25.9. The molecular formula is C22H21FN8O4. The van der Waals surface area contributed by atoms with Crippen molar-refractivity contribution in [3.05, 3.63) is 58.7 Å². The van der Waals surface area contributed by atoms with Gasteiger partial charge in [0.1, 0.15) is 11.3 Å². The highest BCUT2D eigenvalue weighted by Crippen LogP contribution is 2.29. The molecule has 2 atom stereocenters. The minimum absolute atomic E-state index is 0.0542. The number of anilines is 3. The molecule has 1 amide bonds. The van der Waals surface area contributed by atoms with Gasteiger partial charge in [-0.1, -0.05) is 5.16 Å². The van der Waals surface area contributed by atoms with Crippen LogP contribution in [-0.4, -0.2) is 56.9 Å². The van der Waals surface area contributed by atoms with Gasteiger partial charge in [0.15, 0.2) is 23.0 Å². The zero-order valence-corrected chi connectivity index (χ0v) is 18.8. The predicted molar refractivity (Wildman–Crippen MR) is 124 cm³/mol. The highest BCUT2D eigenvalue weighted by molar-refractivity contribution is 6.05. The molecule has 0 unspecified atom stereocenters. The molecule has 0 aromatic carbocycles. The third-order valence-electron chi connectivity index (χ3n) is 5.80. The summed E-state index contributed by atoms with van der Waals surface area (Å²) in [7, 11) is 3.27. The number of carbonyl (C=O) groups is 1. The molecule has 1 aliphatic carbocycles. The molecule has 1 saturated carbocycles. The van der Waals surface area contributed by atoms with E-state index in [9.17, 15) is 14.0 Å². The summed E-state index contributed by atoms with van der Waals surface area (Å²) in [4.78, 5) is 38.2. The fraction of sp³-hybridized carbons (Fsp3) is 0.273. The van der Waals surface area contributed by atoms with Gasteiger partial charge in [0.2, 0.25) is 5.76 Å². The van der Waals surface area contributed by atoms with Crippen molar-refractivity contribution in [2.45, 2.75) is 25.0 Å². The molecule has 1 aliphatic rings. The maximum Gasteiger partial charge on any atom is 0.299 e. The Hall–Kier alpha value is -4.39. The molecule has 4 aromatic heterocycles. The van der Waals surface area contributed by atoms with Gasteiger partial charge in [-0.05, 0) is 25.0 Å². The summed E-state index contributed by atoms with van der Waals surface area (Å²) in [6, 6.07) is 4.08. The van der Waals surface area contributed by atoms with Crippen LogP contribution in [-0.2, 0) is 4.74 Å². The van der Waals surface area contributed by atoms with E-state index in [1.54, 1.807) is 20.2 Å². The first-order chi connectivity index (χ1) is 17.0. The van der Waals surface area contributed by atoms with E-state index < -0.39 is 17.3 Å². The van der Waals surface area contributed by atoms with E-state index in [-0.39, 0.29) is 40.9 Å². The first-order valence-electron chi connectivity index (χ1n) is 10.8. The number of ether oxygens (including phenoxy) is 1. The van der Waals surface area contributed by atoms with Crippen molar-refractivity contribution in [3.63, 3.8) is 0 Å². The van der Waals surface area contributed by atoms with E-state index in [0.717, 1.165) is 17.4 Å². The van der Waals surface area contributed by atoms with Crippen LogP contribution in [0.15, 0.2) is 46.1 Å². The van der Waals surface area contributed by atoms with Crippen LogP contribution in [0, 0.1) is 5.82 Å². The van der Waals surface area contributed by atoms with Crippen LogP contribution in [0.25, 0.3) is 16.9 Å². The van der Waals surface area contributed by atoms with Crippen molar-refractivity contribution < 1.29 is 18.4 Å². The average Bonchev–Trinajstić information content (AvgIpc) is 3.27. The molecule has 4 aromatic rings. The topological polar surface area (TPSA) is 149 Å². The Morgan fingerprint density at radius 2 is 2.11 bits per heavy atom. The molecule has 1 fully saturated rings. The SMILES string of the molecule is CNc1cc(Nc2nccn(-c3ncccc3F)c2=O)nc2c(C(=O)N[C@@H]3CC[C@H]3OC)onc12. The summed E-state index contributed by atoms with van der Waals surface area (Å²) in [5.41, 5.74) is 0.397. The second kappa shape index (κ2) is 9.10. The third-order valence-corrected chi connectivity index (χ3v) is 5.80. The number of fused-ring (bicyclic) bond motifs is 1. The number of rotatable bonds is 7.